The molecule has 0 aromatic carbocycles. The van der Waals surface area contributed by atoms with Gasteiger partial charge in [0.15, 0.2) is 0 Å². The molecule has 0 fully saturated rings. The standard InChI is InChI=1S/C5H8O3.Ca.2H/c1-2-3-4(6)5(7)8;;;/h2-3H2,1H3,(H,7,8);;;/q;+2;2*-1. The Morgan fingerprint density at radius 1 is 1.56 bits per heavy atom. The molecule has 0 saturated heterocycles. The third-order valence-corrected chi connectivity index (χ3v) is 0.716. The summed E-state index contributed by atoms with van der Waals surface area (Å²) in [5.41, 5.74) is 0. The Morgan fingerprint density at radius 3 is 2.11 bits per heavy atom. The number of carboxylic acids is 1. The largest absolute Gasteiger partial charge is 2.00 e. The van der Waals surface area contributed by atoms with Gasteiger partial charge in [-0.15, -0.1) is 0 Å². The summed E-state index contributed by atoms with van der Waals surface area (Å²) in [5, 5.41) is 7.96. The van der Waals surface area contributed by atoms with E-state index in [1.165, 1.54) is 0 Å². The van der Waals surface area contributed by atoms with Crippen LogP contribution in [0, 0.1) is 0 Å². The van der Waals surface area contributed by atoms with Crippen molar-refractivity contribution in [2.45, 2.75) is 19.8 Å². The second-order valence-electron chi connectivity index (χ2n) is 1.48. The topological polar surface area (TPSA) is 54.4 Å². The first-order valence-electron chi connectivity index (χ1n) is 2.44. The van der Waals surface area contributed by atoms with Crippen LogP contribution in [0.15, 0.2) is 0 Å². The molecule has 0 aromatic heterocycles. The molecule has 0 spiro atoms. The van der Waals surface area contributed by atoms with Crippen LogP contribution in [-0.4, -0.2) is 54.6 Å². The molecule has 4 heteroatoms. The summed E-state index contributed by atoms with van der Waals surface area (Å²) in [5.74, 6) is -2.03. The molecule has 0 radical (unpaired) electrons. The van der Waals surface area contributed by atoms with Crippen molar-refractivity contribution in [3.05, 3.63) is 0 Å². The zero-order valence-electron chi connectivity index (χ0n) is 7.39. The predicted molar refractivity (Wildman–Crippen MR) is 35.5 cm³/mol. The number of Topliss-reactive ketones (excluding diaryl/α,β-unsaturated/α-hetero) is 1. The van der Waals surface area contributed by atoms with E-state index in [0.29, 0.717) is 6.42 Å². The molecule has 0 aliphatic heterocycles. The summed E-state index contributed by atoms with van der Waals surface area (Å²) in [6.45, 7) is 1.76. The molecule has 0 aliphatic carbocycles. The van der Waals surface area contributed by atoms with Crippen LogP contribution in [0.3, 0.4) is 0 Å². The predicted octanol–water partition coefficient (Wildman–Crippen LogP) is 0.284. The zero-order valence-corrected chi connectivity index (χ0v) is 7.59. The summed E-state index contributed by atoms with van der Waals surface area (Å²) in [7, 11) is 0. The molecule has 50 valence electrons. The summed E-state index contributed by atoms with van der Waals surface area (Å²) in [6, 6.07) is 0. The van der Waals surface area contributed by atoms with Crippen LogP contribution in [0.2, 0.25) is 0 Å². The first kappa shape index (κ1) is 12.1. The SMILES string of the molecule is CCCC(=O)C(=O)O.[Ca+2].[H-].[H-]. The Hall–Kier alpha value is 0.400. The van der Waals surface area contributed by atoms with Gasteiger partial charge in [0.1, 0.15) is 0 Å². The second-order valence-corrected chi connectivity index (χ2v) is 1.48. The van der Waals surface area contributed by atoms with E-state index in [9.17, 15) is 9.59 Å². The van der Waals surface area contributed by atoms with Gasteiger partial charge in [0.25, 0.3) is 0 Å². The molecule has 0 aromatic rings. The summed E-state index contributed by atoms with van der Waals surface area (Å²) < 4.78 is 0. The minimum absolute atomic E-state index is 0. The van der Waals surface area contributed by atoms with E-state index in [4.69, 9.17) is 5.11 Å². The van der Waals surface area contributed by atoms with Gasteiger partial charge in [-0.2, -0.15) is 0 Å². The average molecular weight is 158 g/mol. The van der Waals surface area contributed by atoms with E-state index >= 15 is 0 Å². The molecule has 0 unspecified atom stereocenters. The van der Waals surface area contributed by atoms with Gasteiger partial charge in [-0.25, -0.2) is 4.79 Å². The van der Waals surface area contributed by atoms with E-state index in [1.807, 2.05) is 0 Å². The number of hydrogen-bond acceptors (Lipinski definition) is 2. The Balaban J connectivity index is -0.0000000817. The van der Waals surface area contributed by atoms with E-state index in [0.717, 1.165) is 0 Å². The van der Waals surface area contributed by atoms with Crippen molar-refractivity contribution in [1.82, 2.24) is 0 Å². The molecule has 0 bridgehead atoms. The van der Waals surface area contributed by atoms with Crippen LogP contribution in [0.4, 0.5) is 0 Å². The molecule has 3 nitrogen and oxygen atoms in total. The Kier molecular flexibility index (Phi) is 8.77. The van der Waals surface area contributed by atoms with Crippen LogP contribution in [0.1, 0.15) is 22.6 Å². The molecule has 0 heterocycles. The molecule has 0 amide bonds. The number of ketones is 1. The van der Waals surface area contributed by atoms with Crippen molar-refractivity contribution < 1.29 is 17.5 Å². The maximum atomic E-state index is 10.1. The van der Waals surface area contributed by atoms with Crippen molar-refractivity contribution in [2.24, 2.45) is 0 Å². The van der Waals surface area contributed by atoms with E-state index in [-0.39, 0.29) is 47.0 Å². The number of rotatable bonds is 3. The summed E-state index contributed by atoms with van der Waals surface area (Å²) in [6.07, 6.45) is 0.750. The van der Waals surface area contributed by atoms with Gasteiger partial charge < -0.3 is 7.96 Å². The van der Waals surface area contributed by atoms with Gasteiger partial charge in [0.05, 0.1) is 0 Å². The zero-order chi connectivity index (χ0) is 6.57. The van der Waals surface area contributed by atoms with Crippen molar-refractivity contribution in [3.8, 4) is 0 Å². The minimum Gasteiger partial charge on any atom is -1.00 e. The molecule has 0 aliphatic rings. The molecule has 1 N–H and O–H groups in total. The Morgan fingerprint density at radius 2 is 2.00 bits per heavy atom. The van der Waals surface area contributed by atoms with Crippen molar-refractivity contribution in [2.75, 3.05) is 0 Å². The maximum Gasteiger partial charge on any atom is 2.00 e. The number of carbonyl (C=O) groups excluding carboxylic acids is 1. The van der Waals surface area contributed by atoms with Gasteiger partial charge in [-0.05, 0) is 6.42 Å². The van der Waals surface area contributed by atoms with Gasteiger partial charge in [-0.1, -0.05) is 6.92 Å². The van der Waals surface area contributed by atoms with Crippen molar-refractivity contribution in [1.29, 1.82) is 0 Å². The molecule has 0 saturated carbocycles. The van der Waals surface area contributed by atoms with E-state index in [1.54, 1.807) is 6.92 Å². The van der Waals surface area contributed by atoms with Crippen LogP contribution >= 0.6 is 0 Å². The van der Waals surface area contributed by atoms with E-state index < -0.39 is 11.8 Å². The number of hydrogen-bond donors (Lipinski definition) is 1. The number of carbonyl (C=O) groups is 2. The first-order valence-corrected chi connectivity index (χ1v) is 2.44. The van der Waals surface area contributed by atoms with Crippen molar-refractivity contribution in [3.63, 3.8) is 0 Å². The van der Waals surface area contributed by atoms with Crippen LogP contribution in [0.25, 0.3) is 0 Å². The van der Waals surface area contributed by atoms with Gasteiger partial charge in [0.2, 0.25) is 5.78 Å². The maximum absolute atomic E-state index is 10.1. The first-order chi connectivity index (χ1) is 3.68. The van der Waals surface area contributed by atoms with Gasteiger partial charge in [-0.3, -0.25) is 4.79 Å². The average Bonchev–Trinajstić information content (AvgIpc) is 1.67. The smallest absolute Gasteiger partial charge is 1.00 e. The fraction of sp³-hybridized carbons (Fsp3) is 0.600. The fourth-order valence-electron chi connectivity index (χ4n) is 0.334. The van der Waals surface area contributed by atoms with Gasteiger partial charge in [0, 0.05) is 6.42 Å². The molecular weight excluding hydrogens is 148 g/mol. The quantitative estimate of drug-likeness (QED) is 0.474. The molecule has 0 atom stereocenters. The molecular formula is C5H10CaO3. The van der Waals surface area contributed by atoms with Crippen LogP contribution in [0.5, 0.6) is 0 Å². The van der Waals surface area contributed by atoms with Crippen LogP contribution in [-0.2, 0) is 9.59 Å². The number of aliphatic carboxylic acids is 1. The number of carboxylic acid groups (broad SMARTS) is 1. The Bertz CT molecular complexity index is 118. The van der Waals surface area contributed by atoms with Gasteiger partial charge >= 0.3 is 43.7 Å². The van der Waals surface area contributed by atoms with Crippen LogP contribution < -0.4 is 0 Å². The minimum atomic E-state index is -1.33. The third kappa shape index (κ3) is 6.28. The molecule has 0 rings (SSSR count). The normalized spacial score (nSPS) is 7.67. The summed E-state index contributed by atoms with van der Waals surface area (Å²) in [4.78, 5) is 19.9. The Labute approximate surface area is 86.4 Å². The second kappa shape index (κ2) is 6.52. The third-order valence-electron chi connectivity index (χ3n) is 0.716. The van der Waals surface area contributed by atoms with Crippen molar-refractivity contribution >= 4 is 49.5 Å². The fourth-order valence-corrected chi connectivity index (χ4v) is 0.334. The monoisotopic (exact) mass is 158 g/mol. The summed E-state index contributed by atoms with van der Waals surface area (Å²) >= 11 is 0. The van der Waals surface area contributed by atoms with E-state index in [2.05, 4.69) is 0 Å². The molecule has 9 heavy (non-hydrogen) atoms.